The molecule has 132 valence electrons. The Bertz CT molecular complexity index is 744. The molecule has 0 aliphatic carbocycles. The molecule has 1 aliphatic rings. The predicted octanol–water partition coefficient (Wildman–Crippen LogP) is 2.55. The van der Waals surface area contributed by atoms with Crippen LogP contribution in [0.3, 0.4) is 0 Å². The van der Waals surface area contributed by atoms with Crippen LogP contribution in [-0.4, -0.2) is 25.7 Å². The van der Waals surface area contributed by atoms with Gasteiger partial charge >= 0.3 is 0 Å². The number of benzene rings is 2. The van der Waals surface area contributed by atoms with E-state index in [9.17, 15) is 4.79 Å². The number of amides is 1. The van der Waals surface area contributed by atoms with Gasteiger partial charge in [-0.25, -0.2) is 0 Å². The van der Waals surface area contributed by atoms with E-state index in [2.05, 4.69) is 5.32 Å². The number of hydrogen-bond donors (Lipinski definition) is 2. The van der Waals surface area contributed by atoms with Crippen LogP contribution in [-0.2, 0) is 10.2 Å². The van der Waals surface area contributed by atoms with Crippen molar-refractivity contribution in [1.82, 2.24) is 5.32 Å². The number of nitrogens with two attached hydrogens (primary N) is 1. The molecule has 0 spiro atoms. The summed E-state index contributed by atoms with van der Waals surface area (Å²) in [6.45, 7) is 5.24. The number of ether oxygens (including phenoxy) is 2. The van der Waals surface area contributed by atoms with Crippen molar-refractivity contribution in [2.45, 2.75) is 25.3 Å². The highest BCUT2D eigenvalue weighted by Gasteiger charge is 2.31. The first-order chi connectivity index (χ1) is 12.0. The van der Waals surface area contributed by atoms with Crippen molar-refractivity contribution in [2.75, 3.05) is 19.8 Å². The van der Waals surface area contributed by atoms with Crippen LogP contribution in [0.2, 0.25) is 0 Å². The fourth-order valence-electron chi connectivity index (χ4n) is 2.80. The minimum atomic E-state index is -0.702. The Hall–Kier alpha value is -2.53. The molecule has 5 heteroatoms. The van der Waals surface area contributed by atoms with Crippen molar-refractivity contribution in [2.24, 2.45) is 5.73 Å². The van der Waals surface area contributed by atoms with E-state index in [0.29, 0.717) is 25.5 Å². The molecule has 0 fully saturated rings. The lowest BCUT2D eigenvalue weighted by Crippen LogP contribution is -2.42. The van der Waals surface area contributed by atoms with Gasteiger partial charge in [-0.1, -0.05) is 36.4 Å². The lowest BCUT2D eigenvalue weighted by Gasteiger charge is -2.27. The van der Waals surface area contributed by atoms with Crippen molar-refractivity contribution in [1.29, 1.82) is 0 Å². The zero-order chi connectivity index (χ0) is 17.9. The van der Waals surface area contributed by atoms with E-state index < -0.39 is 5.41 Å². The van der Waals surface area contributed by atoms with E-state index in [0.717, 1.165) is 16.9 Å². The monoisotopic (exact) mass is 340 g/mol. The number of fused-ring (bicyclic) bond motifs is 1. The molecule has 0 radical (unpaired) electrons. The zero-order valence-corrected chi connectivity index (χ0v) is 14.6. The van der Waals surface area contributed by atoms with E-state index in [1.807, 2.05) is 62.4 Å². The summed E-state index contributed by atoms with van der Waals surface area (Å²) in [6, 6.07) is 15.2. The van der Waals surface area contributed by atoms with Gasteiger partial charge in [-0.05, 0) is 37.1 Å². The van der Waals surface area contributed by atoms with E-state index in [1.165, 1.54) is 0 Å². The fourth-order valence-corrected chi connectivity index (χ4v) is 2.80. The molecule has 0 aromatic heterocycles. The predicted molar refractivity (Wildman–Crippen MR) is 96.8 cm³/mol. The molecule has 1 amide bonds. The summed E-state index contributed by atoms with van der Waals surface area (Å²) in [5, 5.41) is 2.96. The van der Waals surface area contributed by atoms with Crippen molar-refractivity contribution in [3.8, 4) is 11.5 Å². The molecule has 1 heterocycles. The molecular formula is C20H24N2O3. The van der Waals surface area contributed by atoms with E-state index in [-0.39, 0.29) is 11.9 Å². The Morgan fingerprint density at radius 2 is 1.80 bits per heavy atom. The Kier molecular flexibility index (Phi) is 4.95. The zero-order valence-electron chi connectivity index (χ0n) is 14.6. The fraction of sp³-hybridized carbons (Fsp3) is 0.350. The van der Waals surface area contributed by atoms with Crippen molar-refractivity contribution < 1.29 is 14.3 Å². The standard InChI is InChI=1S/C20H24N2O3/c1-20(2,15-8-9-17-18(12-15)25-11-10-24-17)19(23)22-13-16(21)14-6-4-3-5-7-14/h3-9,12,16H,10-11,13,21H2,1-2H3,(H,22,23). The normalized spacial score (nSPS) is 14.7. The summed E-state index contributed by atoms with van der Waals surface area (Å²) in [5.41, 5.74) is 7.34. The number of nitrogens with one attached hydrogen (secondary N) is 1. The van der Waals surface area contributed by atoms with Crippen molar-refractivity contribution in [3.05, 3.63) is 59.7 Å². The van der Waals surface area contributed by atoms with Crippen LogP contribution in [0, 0.1) is 0 Å². The average Bonchev–Trinajstić information content (AvgIpc) is 2.66. The Labute approximate surface area is 148 Å². The molecule has 3 N–H and O–H groups in total. The Morgan fingerprint density at radius 3 is 2.52 bits per heavy atom. The number of carbonyl (C=O) groups excluding carboxylic acids is 1. The molecule has 0 saturated heterocycles. The van der Waals surface area contributed by atoms with Crippen LogP contribution >= 0.6 is 0 Å². The first-order valence-corrected chi connectivity index (χ1v) is 8.47. The molecule has 0 bridgehead atoms. The highest BCUT2D eigenvalue weighted by atomic mass is 16.6. The minimum absolute atomic E-state index is 0.0736. The van der Waals surface area contributed by atoms with Gasteiger partial charge in [-0.15, -0.1) is 0 Å². The summed E-state index contributed by atoms with van der Waals surface area (Å²) < 4.78 is 11.2. The second kappa shape index (κ2) is 7.15. The maximum absolute atomic E-state index is 12.7. The molecule has 2 aromatic carbocycles. The lowest BCUT2D eigenvalue weighted by molar-refractivity contribution is -0.125. The average molecular weight is 340 g/mol. The van der Waals surface area contributed by atoms with Gasteiger partial charge in [-0.3, -0.25) is 4.79 Å². The van der Waals surface area contributed by atoms with Crippen molar-refractivity contribution >= 4 is 5.91 Å². The number of hydrogen-bond acceptors (Lipinski definition) is 4. The minimum Gasteiger partial charge on any atom is -0.486 e. The largest absolute Gasteiger partial charge is 0.486 e. The van der Waals surface area contributed by atoms with Gasteiger partial charge in [0.15, 0.2) is 11.5 Å². The van der Waals surface area contributed by atoms with Crippen LogP contribution in [0.15, 0.2) is 48.5 Å². The highest BCUT2D eigenvalue weighted by Crippen LogP contribution is 2.35. The summed E-state index contributed by atoms with van der Waals surface area (Å²) >= 11 is 0. The summed E-state index contributed by atoms with van der Waals surface area (Å²) in [4.78, 5) is 12.7. The lowest BCUT2D eigenvalue weighted by atomic mass is 9.83. The van der Waals surface area contributed by atoms with Crippen LogP contribution in [0.4, 0.5) is 0 Å². The summed E-state index contributed by atoms with van der Waals surface area (Å²) in [5.74, 6) is 1.33. The SMILES string of the molecule is CC(C)(C(=O)NCC(N)c1ccccc1)c1ccc2c(c1)OCCO2. The van der Waals surface area contributed by atoms with Gasteiger partial charge < -0.3 is 20.5 Å². The van der Waals surface area contributed by atoms with Crippen LogP contribution in [0.1, 0.15) is 31.0 Å². The first-order valence-electron chi connectivity index (χ1n) is 8.47. The Morgan fingerprint density at radius 1 is 1.12 bits per heavy atom. The van der Waals surface area contributed by atoms with Gasteiger partial charge in [0, 0.05) is 12.6 Å². The molecule has 5 nitrogen and oxygen atoms in total. The third-order valence-electron chi connectivity index (χ3n) is 4.54. The summed E-state index contributed by atoms with van der Waals surface area (Å²) in [7, 11) is 0. The first kappa shape index (κ1) is 17.3. The molecule has 25 heavy (non-hydrogen) atoms. The van der Waals surface area contributed by atoms with Gasteiger partial charge in [0.05, 0.1) is 5.41 Å². The molecular weight excluding hydrogens is 316 g/mol. The second-order valence-electron chi connectivity index (χ2n) is 6.71. The van der Waals surface area contributed by atoms with Gasteiger partial charge in [0.25, 0.3) is 0 Å². The molecule has 0 saturated carbocycles. The highest BCUT2D eigenvalue weighted by molar-refractivity contribution is 5.87. The summed E-state index contributed by atoms with van der Waals surface area (Å²) in [6.07, 6.45) is 0. The number of carbonyl (C=O) groups is 1. The topological polar surface area (TPSA) is 73.6 Å². The third-order valence-corrected chi connectivity index (χ3v) is 4.54. The number of rotatable bonds is 5. The molecule has 1 atom stereocenters. The maximum atomic E-state index is 12.7. The van der Waals surface area contributed by atoms with E-state index >= 15 is 0 Å². The smallest absolute Gasteiger partial charge is 0.230 e. The molecule has 2 aromatic rings. The van der Waals surface area contributed by atoms with Gasteiger partial charge in [-0.2, -0.15) is 0 Å². The second-order valence-corrected chi connectivity index (χ2v) is 6.71. The molecule has 3 rings (SSSR count). The van der Waals surface area contributed by atoms with Gasteiger partial charge in [0.1, 0.15) is 13.2 Å². The maximum Gasteiger partial charge on any atom is 0.230 e. The molecule has 1 aliphatic heterocycles. The quantitative estimate of drug-likeness (QED) is 0.877. The van der Waals surface area contributed by atoms with Crippen LogP contribution < -0.4 is 20.5 Å². The molecule has 1 unspecified atom stereocenters. The van der Waals surface area contributed by atoms with E-state index in [4.69, 9.17) is 15.2 Å². The van der Waals surface area contributed by atoms with Gasteiger partial charge in [0.2, 0.25) is 5.91 Å². The van der Waals surface area contributed by atoms with Crippen LogP contribution in [0.5, 0.6) is 11.5 Å². The Balaban J connectivity index is 1.68. The van der Waals surface area contributed by atoms with Crippen molar-refractivity contribution in [3.63, 3.8) is 0 Å². The third kappa shape index (κ3) is 3.77. The van der Waals surface area contributed by atoms with E-state index in [1.54, 1.807) is 0 Å². The van der Waals surface area contributed by atoms with Crippen LogP contribution in [0.25, 0.3) is 0 Å².